The monoisotopic (exact) mass is 284 g/mol. The summed E-state index contributed by atoms with van der Waals surface area (Å²) >= 11 is 0. The summed E-state index contributed by atoms with van der Waals surface area (Å²) in [5.74, 6) is 0. The third-order valence-electron chi connectivity index (χ3n) is 4.85. The average molecular weight is 284 g/mol. The van der Waals surface area contributed by atoms with Gasteiger partial charge in [0, 0.05) is 0 Å². The van der Waals surface area contributed by atoms with Gasteiger partial charge in [0.1, 0.15) is 0 Å². The van der Waals surface area contributed by atoms with Crippen LogP contribution >= 0.6 is 0 Å². The minimum Gasteiger partial charge on any atom is -0.0655 e. The molecule has 0 atom stereocenters. The fraction of sp³-hybridized carbons (Fsp3) is 0.182. The maximum atomic E-state index is 2.40. The molecular formula is C22H20. The molecule has 0 N–H and O–H groups in total. The van der Waals surface area contributed by atoms with E-state index >= 15 is 0 Å². The van der Waals surface area contributed by atoms with E-state index in [9.17, 15) is 0 Å². The van der Waals surface area contributed by atoms with Gasteiger partial charge in [-0.1, -0.05) is 73.2 Å². The Kier molecular flexibility index (Phi) is 3.11. The Labute approximate surface area is 132 Å². The van der Waals surface area contributed by atoms with E-state index in [1.807, 2.05) is 0 Å². The zero-order valence-electron chi connectivity index (χ0n) is 13.2. The Bertz CT molecular complexity index is 897. The summed E-state index contributed by atoms with van der Waals surface area (Å²) < 4.78 is 0. The van der Waals surface area contributed by atoms with Crippen molar-refractivity contribution in [2.45, 2.75) is 26.7 Å². The lowest BCUT2D eigenvalue weighted by molar-refractivity contribution is 1.04. The van der Waals surface area contributed by atoms with Gasteiger partial charge in [0.05, 0.1) is 0 Å². The van der Waals surface area contributed by atoms with Gasteiger partial charge in [0.15, 0.2) is 0 Å². The van der Waals surface area contributed by atoms with Crippen LogP contribution in [-0.2, 0) is 6.42 Å². The second-order valence-electron chi connectivity index (χ2n) is 6.19. The van der Waals surface area contributed by atoms with Crippen molar-refractivity contribution in [2.24, 2.45) is 0 Å². The van der Waals surface area contributed by atoms with Gasteiger partial charge < -0.3 is 0 Å². The molecule has 3 aromatic carbocycles. The first-order valence-corrected chi connectivity index (χ1v) is 8.08. The van der Waals surface area contributed by atoms with E-state index in [0.29, 0.717) is 0 Å². The van der Waals surface area contributed by atoms with E-state index < -0.39 is 0 Å². The van der Waals surface area contributed by atoms with Gasteiger partial charge in [-0.05, 0) is 58.4 Å². The quantitative estimate of drug-likeness (QED) is 0.528. The predicted molar refractivity (Wildman–Crippen MR) is 96.1 cm³/mol. The van der Waals surface area contributed by atoms with Gasteiger partial charge in [0.2, 0.25) is 0 Å². The fourth-order valence-electron chi connectivity index (χ4n) is 3.58. The lowest BCUT2D eigenvalue weighted by Crippen LogP contribution is -1.89. The van der Waals surface area contributed by atoms with E-state index in [0.717, 1.165) is 12.8 Å². The highest BCUT2D eigenvalue weighted by molar-refractivity contribution is 6.00. The summed E-state index contributed by atoms with van der Waals surface area (Å²) in [6.45, 7) is 4.44. The van der Waals surface area contributed by atoms with E-state index in [4.69, 9.17) is 0 Å². The van der Waals surface area contributed by atoms with Crippen LogP contribution in [0.1, 0.15) is 30.0 Å². The summed E-state index contributed by atoms with van der Waals surface area (Å²) in [5.41, 5.74) is 8.51. The molecule has 0 heterocycles. The van der Waals surface area contributed by atoms with Crippen molar-refractivity contribution in [3.05, 3.63) is 76.9 Å². The second kappa shape index (κ2) is 5.14. The maximum absolute atomic E-state index is 2.40. The maximum Gasteiger partial charge on any atom is -0.00577 e. The van der Waals surface area contributed by atoms with Crippen LogP contribution in [0.15, 0.2) is 60.2 Å². The zero-order valence-corrected chi connectivity index (χ0v) is 13.2. The third kappa shape index (κ3) is 1.99. The Balaban J connectivity index is 2.01. The smallest absolute Gasteiger partial charge is 0.00577 e. The Morgan fingerprint density at radius 3 is 2.45 bits per heavy atom. The highest BCUT2D eigenvalue weighted by atomic mass is 14.2. The second-order valence-corrected chi connectivity index (χ2v) is 6.19. The van der Waals surface area contributed by atoms with Crippen LogP contribution in [0, 0.1) is 6.92 Å². The van der Waals surface area contributed by atoms with E-state index in [-0.39, 0.29) is 0 Å². The SMILES string of the molecule is CCC1=Cc2c(cccc2-c2ccc(C)c3ccccc23)C1. The molecule has 0 amide bonds. The summed E-state index contributed by atoms with van der Waals surface area (Å²) in [6, 6.07) is 20.0. The first-order valence-electron chi connectivity index (χ1n) is 8.08. The minimum absolute atomic E-state index is 1.11. The van der Waals surface area contributed by atoms with Crippen molar-refractivity contribution in [3.8, 4) is 11.1 Å². The highest BCUT2D eigenvalue weighted by Gasteiger charge is 2.16. The molecule has 0 aliphatic heterocycles. The van der Waals surface area contributed by atoms with Crippen LogP contribution in [0.3, 0.4) is 0 Å². The van der Waals surface area contributed by atoms with Crippen molar-refractivity contribution in [1.29, 1.82) is 0 Å². The molecule has 0 saturated heterocycles. The van der Waals surface area contributed by atoms with Gasteiger partial charge in [0.25, 0.3) is 0 Å². The molecule has 0 aromatic heterocycles. The van der Waals surface area contributed by atoms with Gasteiger partial charge in [-0.3, -0.25) is 0 Å². The first kappa shape index (κ1) is 13.3. The van der Waals surface area contributed by atoms with Crippen molar-refractivity contribution in [1.82, 2.24) is 0 Å². The minimum atomic E-state index is 1.11. The van der Waals surface area contributed by atoms with Crippen LogP contribution < -0.4 is 0 Å². The molecule has 3 aromatic rings. The lowest BCUT2D eigenvalue weighted by atomic mass is 9.91. The molecular weight excluding hydrogens is 264 g/mol. The van der Waals surface area contributed by atoms with Gasteiger partial charge in [-0.25, -0.2) is 0 Å². The average Bonchev–Trinajstić information content (AvgIpc) is 2.99. The zero-order chi connectivity index (χ0) is 15.1. The molecule has 0 saturated carbocycles. The third-order valence-corrected chi connectivity index (χ3v) is 4.85. The number of benzene rings is 3. The molecule has 1 aliphatic rings. The summed E-state index contributed by atoms with van der Waals surface area (Å²) in [7, 11) is 0. The number of fused-ring (bicyclic) bond motifs is 2. The number of aryl methyl sites for hydroxylation is 1. The molecule has 0 nitrogen and oxygen atoms in total. The molecule has 22 heavy (non-hydrogen) atoms. The molecule has 1 aliphatic carbocycles. The summed E-state index contributed by atoms with van der Waals surface area (Å²) in [6.07, 6.45) is 4.66. The Morgan fingerprint density at radius 2 is 1.64 bits per heavy atom. The number of hydrogen-bond acceptors (Lipinski definition) is 0. The Hall–Kier alpha value is -2.34. The highest BCUT2D eigenvalue weighted by Crippen LogP contribution is 2.38. The van der Waals surface area contributed by atoms with Gasteiger partial charge in [-0.15, -0.1) is 0 Å². The van der Waals surface area contributed by atoms with Gasteiger partial charge >= 0.3 is 0 Å². The van der Waals surface area contributed by atoms with Crippen LogP contribution in [0.5, 0.6) is 0 Å². The number of hydrogen-bond donors (Lipinski definition) is 0. The van der Waals surface area contributed by atoms with Crippen molar-refractivity contribution < 1.29 is 0 Å². The van der Waals surface area contributed by atoms with Crippen LogP contribution in [0.4, 0.5) is 0 Å². The molecule has 0 heteroatoms. The van der Waals surface area contributed by atoms with Crippen molar-refractivity contribution in [3.63, 3.8) is 0 Å². The molecule has 0 spiro atoms. The van der Waals surface area contributed by atoms with Crippen LogP contribution in [0.2, 0.25) is 0 Å². The molecule has 4 rings (SSSR count). The fourth-order valence-corrected chi connectivity index (χ4v) is 3.58. The Morgan fingerprint density at radius 1 is 0.818 bits per heavy atom. The van der Waals surface area contributed by atoms with Crippen molar-refractivity contribution >= 4 is 16.8 Å². The molecule has 0 unspecified atom stereocenters. The molecule has 108 valence electrons. The lowest BCUT2D eigenvalue weighted by Gasteiger charge is -2.12. The predicted octanol–water partition coefficient (Wildman–Crippen LogP) is 6.16. The number of allylic oxidation sites excluding steroid dienone is 1. The number of rotatable bonds is 2. The van der Waals surface area contributed by atoms with Crippen LogP contribution in [0.25, 0.3) is 28.0 Å². The molecule has 0 fully saturated rings. The van der Waals surface area contributed by atoms with Crippen LogP contribution in [-0.4, -0.2) is 0 Å². The first-order chi connectivity index (χ1) is 10.8. The topological polar surface area (TPSA) is 0 Å². The standard InChI is InChI=1S/C22H20/c1-3-16-13-17-7-6-10-20(22(17)14-16)21-12-11-15(2)18-8-4-5-9-19(18)21/h4-12,14H,3,13H2,1-2H3. The van der Waals surface area contributed by atoms with Crippen molar-refractivity contribution in [2.75, 3.05) is 0 Å². The summed E-state index contributed by atoms with van der Waals surface area (Å²) in [5, 5.41) is 2.71. The van der Waals surface area contributed by atoms with E-state index in [1.165, 1.54) is 38.6 Å². The molecule has 0 bridgehead atoms. The van der Waals surface area contributed by atoms with Gasteiger partial charge in [-0.2, -0.15) is 0 Å². The summed E-state index contributed by atoms with van der Waals surface area (Å²) in [4.78, 5) is 0. The van der Waals surface area contributed by atoms with E-state index in [1.54, 1.807) is 5.57 Å². The normalized spacial score (nSPS) is 13.3. The van der Waals surface area contributed by atoms with E-state index in [2.05, 4.69) is 74.5 Å². The molecule has 0 radical (unpaired) electrons. The largest absolute Gasteiger partial charge is 0.0655 e.